The third kappa shape index (κ3) is 1.42. The van der Waals surface area contributed by atoms with Crippen molar-refractivity contribution < 1.29 is 9.53 Å². The van der Waals surface area contributed by atoms with E-state index in [2.05, 4.69) is 19.1 Å². The second kappa shape index (κ2) is 3.66. The zero-order valence-electron chi connectivity index (χ0n) is 10.6. The molecule has 92 valence electrons. The van der Waals surface area contributed by atoms with Gasteiger partial charge in [0.15, 0.2) is 0 Å². The van der Waals surface area contributed by atoms with E-state index in [0.717, 1.165) is 17.5 Å². The predicted molar refractivity (Wildman–Crippen MR) is 66.2 cm³/mol. The number of benzene rings is 1. The van der Waals surface area contributed by atoms with Crippen LogP contribution in [-0.2, 0) is 16.0 Å². The summed E-state index contributed by atoms with van der Waals surface area (Å²) in [6, 6.07) is 8.09. The van der Waals surface area contributed by atoms with E-state index in [1.165, 1.54) is 5.56 Å². The Labute approximate surface area is 106 Å². The number of ether oxygens (including phenoxy) is 1. The van der Waals surface area contributed by atoms with Gasteiger partial charge in [-0.3, -0.25) is 4.79 Å². The smallest absolute Gasteiger partial charge is 0.132 e. The first-order chi connectivity index (χ1) is 8.55. The van der Waals surface area contributed by atoms with E-state index in [4.69, 9.17) is 10.00 Å². The maximum atomic E-state index is 11.2. The Morgan fingerprint density at radius 3 is 3.06 bits per heavy atom. The summed E-state index contributed by atoms with van der Waals surface area (Å²) in [4.78, 5) is 11.2. The molecule has 0 amide bonds. The average molecular weight is 241 g/mol. The summed E-state index contributed by atoms with van der Waals surface area (Å²) < 4.78 is 5.91. The molecule has 3 unspecified atom stereocenters. The van der Waals surface area contributed by atoms with Crippen molar-refractivity contribution in [2.75, 3.05) is 0 Å². The summed E-state index contributed by atoms with van der Waals surface area (Å²) >= 11 is 0. The summed E-state index contributed by atoms with van der Waals surface area (Å²) in [5, 5.41) is 9.15. The molecule has 1 saturated heterocycles. The predicted octanol–water partition coefficient (Wildman–Crippen LogP) is 2.33. The molecule has 3 rings (SSSR count). The third-order valence-corrected chi connectivity index (χ3v) is 4.13. The SMILES string of the molecule is CC(=O)CC1OC2(C)Cc3c(C#N)cccc3C12. The molecular formula is C15H15NO2. The van der Waals surface area contributed by atoms with Crippen LogP contribution in [0.25, 0.3) is 0 Å². The summed E-state index contributed by atoms with van der Waals surface area (Å²) in [5.41, 5.74) is 2.84. The summed E-state index contributed by atoms with van der Waals surface area (Å²) in [5.74, 6) is 0.427. The Balaban J connectivity index is 2.00. The van der Waals surface area contributed by atoms with Gasteiger partial charge in [-0.25, -0.2) is 0 Å². The van der Waals surface area contributed by atoms with Crippen LogP contribution in [0.5, 0.6) is 0 Å². The standard InChI is InChI=1S/C15H15NO2/c1-9(17)6-13-14-11-5-3-4-10(8-16)12(11)7-15(14,2)18-13/h3-5,13-14H,6-7H2,1-2H3. The van der Waals surface area contributed by atoms with Crippen molar-refractivity contribution in [3.05, 3.63) is 34.9 Å². The van der Waals surface area contributed by atoms with Gasteiger partial charge in [-0.15, -0.1) is 0 Å². The number of hydrogen-bond acceptors (Lipinski definition) is 3. The Bertz CT molecular complexity index is 572. The molecule has 3 atom stereocenters. The first-order valence-corrected chi connectivity index (χ1v) is 6.24. The van der Waals surface area contributed by atoms with Gasteiger partial charge in [0.1, 0.15) is 5.78 Å². The highest BCUT2D eigenvalue weighted by Crippen LogP contribution is 2.55. The molecular weight excluding hydrogens is 226 g/mol. The largest absolute Gasteiger partial charge is 0.370 e. The number of Topliss-reactive ketones (excluding diaryl/α,β-unsaturated/α-hetero) is 1. The first-order valence-electron chi connectivity index (χ1n) is 6.24. The molecule has 1 aliphatic carbocycles. The van der Waals surface area contributed by atoms with Crippen LogP contribution in [0.15, 0.2) is 18.2 Å². The Kier molecular flexibility index (Phi) is 2.33. The summed E-state index contributed by atoms with van der Waals surface area (Å²) in [7, 11) is 0. The van der Waals surface area contributed by atoms with Crippen molar-refractivity contribution in [2.24, 2.45) is 0 Å². The van der Waals surface area contributed by atoms with Gasteiger partial charge >= 0.3 is 0 Å². The summed E-state index contributed by atoms with van der Waals surface area (Å²) in [6.07, 6.45) is 1.24. The van der Waals surface area contributed by atoms with E-state index in [1.54, 1.807) is 6.92 Å². The topological polar surface area (TPSA) is 50.1 Å². The molecule has 0 saturated carbocycles. The van der Waals surface area contributed by atoms with Crippen LogP contribution in [-0.4, -0.2) is 17.5 Å². The quantitative estimate of drug-likeness (QED) is 0.798. The van der Waals surface area contributed by atoms with Gasteiger partial charge in [-0.2, -0.15) is 5.26 Å². The average Bonchev–Trinajstić information content (AvgIpc) is 2.52. The number of fused-ring (bicyclic) bond motifs is 3. The Hall–Kier alpha value is -1.66. The maximum Gasteiger partial charge on any atom is 0.132 e. The van der Waals surface area contributed by atoms with Crippen molar-refractivity contribution in [3.63, 3.8) is 0 Å². The van der Waals surface area contributed by atoms with Crippen molar-refractivity contribution in [1.82, 2.24) is 0 Å². The molecule has 18 heavy (non-hydrogen) atoms. The van der Waals surface area contributed by atoms with Crippen LogP contribution >= 0.6 is 0 Å². The zero-order valence-corrected chi connectivity index (χ0v) is 10.6. The fourth-order valence-electron chi connectivity index (χ4n) is 3.48. The van der Waals surface area contributed by atoms with Gasteiger partial charge in [-0.1, -0.05) is 12.1 Å². The van der Waals surface area contributed by atoms with Crippen LogP contribution < -0.4 is 0 Å². The maximum absolute atomic E-state index is 11.2. The number of nitriles is 1. The molecule has 0 N–H and O–H groups in total. The van der Waals surface area contributed by atoms with E-state index in [0.29, 0.717) is 6.42 Å². The minimum absolute atomic E-state index is 0.0114. The van der Waals surface area contributed by atoms with Gasteiger partial charge in [0.05, 0.1) is 23.3 Å². The molecule has 0 radical (unpaired) electrons. The van der Waals surface area contributed by atoms with Gasteiger partial charge in [0, 0.05) is 18.8 Å². The third-order valence-electron chi connectivity index (χ3n) is 4.13. The number of hydrogen-bond donors (Lipinski definition) is 0. The van der Waals surface area contributed by atoms with Crippen LogP contribution in [0.1, 0.15) is 42.9 Å². The van der Waals surface area contributed by atoms with E-state index in [-0.39, 0.29) is 23.4 Å². The molecule has 0 bridgehead atoms. The molecule has 3 nitrogen and oxygen atoms in total. The number of rotatable bonds is 2. The van der Waals surface area contributed by atoms with Crippen molar-refractivity contribution in [2.45, 2.75) is 44.3 Å². The van der Waals surface area contributed by atoms with Gasteiger partial charge in [-0.05, 0) is 31.0 Å². The van der Waals surface area contributed by atoms with E-state index in [9.17, 15) is 4.79 Å². The molecule has 1 heterocycles. The lowest BCUT2D eigenvalue weighted by molar-refractivity contribution is -0.210. The molecule has 2 aliphatic rings. The Morgan fingerprint density at radius 1 is 1.61 bits per heavy atom. The van der Waals surface area contributed by atoms with Crippen molar-refractivity contribution in [1.29, 1.82) is 5.26 Å². The molecule has 1 fully saturated rings. The van der Waals surface area contributed by atoms with Crippen LogP contribution in [0, 0.1) is 11.3 Å². The van der Waals surface area contributed by atoms with Gasteiger partial charge in [0.2, 0.25) is 0 Å². The number of carbonyl (C=O) groups is 1. The van der Waals surface area contributed by atoms with Gasteiger partial charge in [0.25, 0.3) is 0 Å². The van der Waals surface area contributed by atoms with Crippen LogP contribution in [0.2, 0.25) is 0 Å². The van der Waals surface area contributed by atoms with E-state index < -0.39 is 0 Å². The van der Waals surface area contributed by atoms with Crippen molar-refractivity contribution >= 4 is 5.78 Å². The van der Waals surface area contributed by atoms with Crippen LogP contribution in [0.3, 0.4) is 0 Å². The highest BCUT2D eigenvalue weighted by atomic mass is 16.5. The molecule has 3 heteroatoms. The fourth-order valence-corrected chi connectivity index (χ4v) is 3.48. The number of ketones is 1. The van der Waals surface area contributed by atoms with E-state index >= 15 is 0 Å². The lowest BCUT2D eigenvalue weighted by Crippen LogP contribution is -2.54. The lowest BCUT2D eigenvalue weighted by Gasteiger charge is -2.49. The molecule has 1 aromatic carbocycles. The number of nitrogens with zero attached hydrogens (tertiary/aromatic N) is 1. The molecule has 0 aromatic heterocycles. The summed E-state index contributed by atoms with van der Waals surface area (Å²) in [6.45, 7) is 3.68. The molecule has 1 aliphatic heterocycles. The minimum Gasteiger partial charge on any atom is -0.370 e. The van der Waals surface area contributed by atoms with E-state index in [1.807, 2.05) is 12.1 Å². The normalized spacial score (nSPS) is 32.1. The first kappa shape index (κ1) is 11.4. The highest BCUT2D eigenvalue weighted by molar-refractivity contribution is 5.76. The highest BCUT2D eigenvalue weighted by Gasteiger charge is 2.57. The lowest BCUT2D eigenvalue weighted by atomic mass is 9.77. The van der Waals surface area contributed by atoms with Crippen LogP contribution in [0.4, 0.5) is 0 Å². The zero-order chi connectivity index (χ0) is 12.9. The Morgan fingerprint density at radius 2 is 2.39 bits per heavy atom. The second-order valence-electron chi connectivity index (χ2n) is 5.51. The van der Waals surface area contributed by atoms with Gasteiger partial charge < -0.3 is 4.74 Å². The minimum atomic E-state index is -0.213. The monoisotopic (exact) mass is 241 g/mol. The number of carbonyl (C=O) groups excluding carboxylic acids is 1. The molecule has 0 spiro atoms. The fraction of sp³-hybridized carbons (Fsp3) is 0.467. The molecule has 1 aromatic rings. The second-order valence-corrected chi connectivity index (χ2v) is 5.51. The van der Waals surface area contributed by atoms with Crippen molar-refractivity contribution in [3.8, 4) is 6.07 Å².